The smallest absolute Gasteiger partial charge is 0.295 e. The zero-order valence-electron chi connectivity index (χ0n) is 27.1. The van der Waals surface area contributed by atoms with Crippen LogP contribution in [0, 0.1) is 20.2 Å². The van der Waals surface area contributed by atoms with Gasteiger partial charge in [0.05, 0.1) is 22.0 Å². The number of rotatable bonds is 10. The van der Waals surface area contributed by atoms with Crippen molar-refractivity contribution in [2.75, 3.05) is 18.0 Å². The largest absolute Gasteiger partial charge is 0.506 e. The fraction of sp³-hybridized carbons (Fsp3) is 0.125. The van der Waals surface area contributed by atoms with Crippen LogP contribution in [0.2, 0.25) is 0 Å². The molecule has 18 nitrogen and oxygen atoms in total. The van der Waals surface area contributed by atoms with Gasteiger partial charge in [0.2, 0.25) is 0 Å². The standard InChI is InChI=1S/C16H18N4O4.C16H11N3O7S.Cr/c1-3-19(4-2)11-5-7-13(15(21)9-11)17-18-14-8-6-12(20(23)24)10-16(14)22;20-14-8-9(19(22)23)4-6-12(14)17-18-13-7-5-10-11(16(13)21)2-1-3-15(10)27(24,25)26;/h5-10,21-22H,3-4H2,1-2H3;1-8,20-21H,(H,24,25,26);. The third kappa shape index (κ3) is 9.52. The van der Waals surface area contributed by atoms with Crippen LogP contribution < -0.4 is 4.90 Å². The molecule has 270 valence electrons. The molecule has 5 N–H and O–H groups in total. The van der Waals surface area contributed by atoms with Crippen LogP contribution in [0.3, 0.4) is 0 Å². The number of phenols is 4. The maximum atomic E-state index is 11.4. The second-order valence-corrected chi connectivity index (χ2v) is 11.8. The summed E-state index contributed by atoms with van der Waals surface area (Å²) in [6.07, 6.45) is 0. The Morgan fingerprint density at radius 2 is 1.08 bits per heavy atom. The van der Waals surface area contributed by atoms with E-state index in [1.807, 2.05) is 19.9 Å². The van der Waals surface area contributed by atoms with Crippen molar-refractivity contribution in [2.24, 2.45) is 20.5 Å². The molecule has 0 aromatic heterocycles. The Hall–Kier alpha value is -6.20. The molecular formula is C32H29CrN7O11S. The summed E-state index contributed by atoms with van der Waals surface area (Å²) in [6, 6.07) is 18.3. The molecule has 5 aromatic carbocycles. The van der Waals surface area contributed by atoms with Crippen LogP contribution in [0.25, 0.3) is 10.8 Å². The summed E-state index contributed by atoms with van der Waals surface area (Å²) in [5.41, 5.74) is 0.529. The Morgan fingerprint density at radius 1 is 0.635 bits per heavy atom. The molecule has 0 saturated carbocycles. The molecule has 20 heteroatoms. The molecular weight excluding hydrogens is 742 g/mol. The summed E-state index contributed by atoms with van der Waals surface area (Å²) >= 11 is 0. The number of azo groups is 2. The molecule has 0 aliphatic heterocycles. The normalized spacial score (nSPS) is 11.2. The first kappa shape index (κ1) is 40.2. The molecule has 52 heavy (non-hydrogen) atoms. The minimum absolute atomic E-state index is 0. The van der Waals surface area contributed by atoms with Crippen LogP contribution in [0.1, 0.15) is 13.8 Å². The van der Waals surface area contributed by atoms with Gasteiger partial charge >= 0.3 is 0 Å². The van der Waals surface area contributed by atoms with Gasteiger partial charge in [0.25, 0.3) is 21.5 Å². The second kappa shape index (κ2) is 17.1. The zero-order chi connectivity index (χ0) is 37.5. The first-order valence-electron chi connectivity index (χ1n) is 14.7. The predicted octanol–water partition coefficient (Wildman–Crippen LogP) is 8.09. The van der Waals surface area contributed by atoms with Crippen LogP contribution in [0.5, 0.6) is 23.0 Å². The molecule has 0 aliphatic rings. The van der Waals surface area contributed by atoms with Gasteiger partial charge in [-0.2, -0.15) is 8.42 Å². The second-order valence-electron chi connectivity index (χ2n) is 10.4. The van der Waals surface area contributed by atoms with Crippen molar-refractivity contribution in [3.05, 3.63) is 105 Å². The number of fused-ring (bicyclic) bond motifs is 1. The number of nitrogens with zero attached hydrogens (tertiary/aromatic N) is 7. The fourth-order valence-corrected chi connectivity index (χ4v) is 5.33. The average molecular weight is 772 g/mol. The topological polar surface area (TPSA) is 274 Å². The molecule has 0 fully saturated rings. The average Bonchev–Trinajstić information content (AvgIpc) is 3.08. The van der Waals surface area contributed by atoms with Crippen molar-refractivity contribution in [1.29, 1.82) is 0 Å². The van der Waals surface area contributed by atoms with Gasteiger partial charge in [0, 0.05) is 65.1 Å². The van der Waals surface area contributed by atoms with E-state index in [4.69, 9.17) is 0 Å². The van der Waals surface area contributed by atoms with E-state index in [0.29, 0.717) is 0 Å². The van der Waals surface area contributed by atoms with Crippen molar-refractivity contribution in [2.45, 2.75) is 18.7 Å². The van der Waals surface area contributed by atoms with Gasteiger partial charge in [-0.05, 0) is 50.2 Å². The summed E-state index contributed by atoms with van der Waals surface area (Å²) < 4.78 is 32.1. The Labute approximate surface area is 305 Å². The maximum absolute atomic E-state index is 11.4. The quantitative estimate of drug-likeness (QED) is 0.0390. The Kier molecular flexibility index (Phi) is 13.3. The monoisotopic (exact) mass is 771 g/mol. The SMILES string of the molecule is CCN(CC)c1ccc(N=Nc2ccc([N+](=O)[O-])cc2O)c(O)c1.O=[N+]([O-])c1ccc(N=Nc2ccc3c(S(=O)(=O)O)cccc3c2O)c(O)c1.[Cr]. The van der Waals surface area contributed by atoms with Gasteiger partial charge < -0.3 is 25.3 Å². The molecule has 5 rings (SSSR count). The molecule has 5 aromatic rings. The van der Waals surface area contributed by atoms with Crippen LogP contribution in [0.15, 0.2) is 110 Å². The number of hydrogen-bond donors (Lipinski definition) is 5. The number of non-ortho nitro benzene ring substituents is 2. The number of nitro benzene ring substituents is 2. The molecule has 0 atom stereocenters. The molecule has 0 bridgehead atoms. The number of anilines is 1. The van der Waals surface area contributed by atoms with Crippen molar-refractivity contribution in [1.82, 2.24) is 0 Å². The van der Waals surface area contributed by atoms with Crippen molar-refractivity contribution in [3.63, 3.8) is 0 Å². The van der Waals surface area contributed by atoms with Gasteiger partial charge in [-0.15, -0.1) is 20.5 Å². The molecule has 0 heterocycles. The van der Waals surface area contributed by atoms with Gasteiger partial charge in [-0.25, -0.2) is 0 Å². The number of hydrogen-bond acceptors (Lipinski definition) is 15. The van der Waals surface area contributed by atoms with E-state index in [1.165, 1.54) is 48.5 Å². The van der Waals surface area contributed by atoms with Crippen molar-refractivity contribution >= 4 is 60.7 Å². The number of nitro groups is 2. The molecule has 0 aliphatic carbocycles. The van der Waals surface area contributed by atoms with Crippen LogP contribution in [0.4, 0.5) is 39.8 Å². The summed E-state index contributed by atoms with van der Waals surface area (Å²) in [6.45, 7) is 5.66. The van der Waals surface area contributed by atoms with Gasteiger partial charge in [-0.1, -0.05) is 18.2 Å². The molecule has 0 unspecified atom stereocenters. The molecule has 0 saturated heterocycles. The maximum Gasteiger partial charge on any atom is 0.295 e. The van der Waals surface area contributed by atoms with E-state index in [0.717, 1.165) is 37.0 Å². The Balaban J connectivity index is 0.000000277. The molecule has 0 radical (unpaired) electrons. The van der Waals surface area contributed by atoms with Crippen LogP contribution >= 0.6 is 0 Å². The Bertz CT molecular complexity index is 2300. The predicted molar refractivity (Wildman–Crippen MR) is 185 cm³/mol. The van der Waals surface area contributed by atoms with Crippen molar-refractivity contribution < 1.29 is 60.6 Å². The summed E-state index contributed by atoms with van der Waals surface area (Å²) in [4.78, 5) is 21.7. The fourth-order valence-electron chi connectivity index (χ4n) is 4.62. The van der Waals surface area contributed by atoms with E-state index in [-0.39, 0.29) is 84.4 Å². The summed E-state index contributed by atoms with van der Waals surface area (Å²) in [5, 5.41) is 76.6. The molecule has 0 spiro atoms. The van der Waals surface area contributed by atoms with E-state index in [1.54, 1.807) is 12.1 Å². The third-order valence-electron chi connectivity index (χ3n) is 7.21. The minimum atomic E-state index is -4.48. The minimum Gasteiger partial charge on any atom is -0.506 e. The summed E-state index contributed by atoms with van der Waals surface area (Å²) in [5.74, 6) is -1.25. The van der Waals surface area contributed by atoms with E-state index >= 15 is 0 Å². The van der Waals surface area contributed by atoms with Crippen LogP contribution in [-0.4, -0.2) is 56.3 Å². The van der Waals surface area contributed by atoms with E-state index in [2.05, 4.69) is 25.4 Å². The first-order valence-corrected chi connectivity index (χ1v) is 16.2. The number of benzene rings is 5. The van der Waals surface area contributed by atoms with E-state index in [9.17, 15) is 53.6 Å². The van der Waals surface area contributed by atoms with Gasteiger partial charge in [-0.3, -0.25) is 24.8 Å². The Morgan fingerprint density at radius 3 is 1.50 bits per heavy atom. The number of aromatic hydroxyl groups is 4. The van der Waals surface area contributed by atoms with Crippen LogP contribution in [-0.2, 0) is 27.5 Å². The first-order chi connectivity index (χ1) is 24.1. The molecule has 0 amide bonds. The van der Waals surface area contributed by atoms with Gasteiger partial charge in [0.1, 0.15) is 44.9 Å². The number of phenolic OH excluding ortho intramolecular Hbond substituents is 4. The van der Waals surface area contributed by atoms with Gasteiger partial charge in [0.15, 0.2) is 5.75 Å². The zero-order valence-corrected chi connectivity index (χ0v) is 29.2. The third-order valence-corrected chi connectivity index (χ3v) is 8.12. The van der Waals surface area contributed by atoms with E-state index < -0.39 is 25.7 Å². The van der Waals surface area contributed by atoms with Crippen molar-refractivity contribution in [3.8, 4) is 23.0 Å². The summed E-state index contributed by atoms with van der Waals surface area (Å²) in [7, 11) is -4.48.